The van der Waals surface area contributed by atoms with Crippen molar-refractivity contribution in [2.75, 3.05) is 11.1 Å². The smallest absolute Gasteiger partial charge is 0.255 e. The van der Waals surface area contributed by atoms with Crippen molar-refractivity contribution in [3.8, 4) is 0 Å². The molecule has 0 bridgehead atoms. The van der Waals surface area contributed by atoms with Crippen LogP contribution in [0.15, 0.2) is 29.0 Å². The molecular formula is C11H8Cl2N2OS. The molecule has 3 nitrogen and oxygen atoms in total. The number of halogens is 2. The monoisotopic (exact) mass is 286 g/mol. The van der Waals surface area contributed by atoms with Crippen LogP contribution in [0.1, 0.15) is 10.4 Å². The van der Waals surface area contributed by atoms with Crippen molar-refractivity contribution in [1.82, 2.24) is 0 Å². The molecule has 2 aromatic rings. The fraction of sp³-hybridized carbons (Fsp3) is 0. The van der Waals surface area contributed by atoms with Crippen LogP contribution in [0.5, 0.6) is 0 Å². The van der Waals surface area contributed by atoms with E-state index in [4.69, 9.17) is 28.9 Å². The van der Waals surface area contributed by atoms with Gasteiger partial charge in [-0.1, -0.05) is 23.2 Å². The van der Waals surface area contributed by atoms with E-state index in [9.17, 15) is 4.79 Å². The fourth-order valence-electron chi connectivity index (χ4n) is 1.28. The third-order valence-electron chi connectivity index (χ3n) is 2.10. The molecule has 0 saturated carbocycles. The highest BCUT2D eigenvalue weighted by atomic mass is 35.5. The van der Waals surface area contributed by atoms with Gasteiger partial charge in [-0.3, -0.25) is 4.79 Å². The summed E-state index contributed by atoms with van der Waals surface area (Å²) in [5, 5.41) is 6.96. The lowest BCUT2D eigenvalue weighted by molar-refractivity contribution is 0.102. The highest BCUT2D eigenvalue weighted by Crippen LogP contribution is 2.29. The Morgan fingerprint density at radius 1 is 1.35 bits per heavy atom. The van der Waals surface area contributed by atoms with E-state index in [0.29, 0.717) is 5.56 Å². The lowest BCUT2D eigenvalue weighted by atomic mass is 10.2. The largest absolute Gasteiger partial charge is 0.397 e. The predicted octanol–water partition coefficient (Wildman–Crippen LogP) is 3.89. The molecule has 1 aromatic heterocycles. The highest BCUT2D eigenvalue weighted by Gasteiger charge is 2.11. The van der Waals surface area contributed by atoms with Gasteiger partial charge in [0.2, 0.25) is 0 Å². The van der Waals surface area contributed by atoms with E-state index in [1.165, 1.54) is 23.5 Å². The van der Waals surface area contributed by atoms with Crippen LogP contribution < -0.4 is 11.1 Å². The second-order valence-corrected chi connectivity index (χ2v) is 4.89. The molecule has 0 radical (unpaired) electrons. The van der Waals surface area contributed by atoms with Gasteiger partial charge < -0.3 is 11.1 Å². The van der Waals surface area contributed by atoms with Crippen LogP contribution in [-0.4, -0.2) is 5.91 Å². The average Bonchev–Trinajstić information content (AvgIpc) is 2.77. The Hall–Kier alpha value is -1.23. The summed E-state index contributed by atoms with van der Waals surface area (Å²) in [6.07, 6.45) is 0. The lowest BCUT2D eigenvalue weighted by Gasteiger charge is -2.06. The summed E-state index contributed by atoms with van der Waals surface area (Å²) >= 11 is 13.2. The molecule has 0 unspecified atom stereocenters. The van der Waals surface area contributed by atoms with Crippen molar-refractivity contribution in [3.05, 3.63) is 44.6 Å². The SMILES string of the molecule is Nc1cc(C(=O)Nc2ccsc2)cc(Cl)c1Cl. The van der Waals surface area contributed by atoms with E-state index in [2.05, 4.69) is 5.32 Å². The summed E-state index contributed by atoms with van der Waals surface area (Å²) in [6.45, 7) is 0. The van der Waals surface area contributed by atoms with Crippen molar-refractivity contribution >= 4 is 51.8 Å². The Morgan fingerprint density at radius 2 is 2.12 bits per heavy atom. The van der Waals surface area contributed by atoms with Gasteiger partial charge >= 0.3 is 0 Å². The first kappa shape index (κ1) is 12.2. The molecule has 88 valence electrons. The number of nitrogen functional groups attached to an aromatic ring is 1. The molecule has 0 aliphatic carbocycles. The number of nitrogens with two attached hydrogens (primary N) is 1. The van der Waals surface area contributed by atoms with Gasteiger partial charge in [-0.15, -0.1) is 0 Å². The average molecular weight is 287 g/mol. The van der Waals surface area contributed by atoms with Crippen molar-refractivity contribution < 1.29 is 4.79 Å². The number of rotatable bonds is 2. The third kappa shape index (κ3) is 2.72. The van der Waals surface area contributed by atoms with Crippen molar-refractivity contribution in [1.29, 1.82) is 0 Å². The quantitative estimate of drug-likeness (QED) is 0.823. The van der Waals surface area contributed by atoms with Gasteiger partial charge in [-0.2, -0.15) is 11.3 Å². The normalized spacial score (nSPS) is 10.2. The molecule has 3 N–H and O–H groups in total. The maximum Gasteiger partial charge on any atom is 0.255 e. The first-order valence-corrected chi connectivity index (χ1v) is 6.36. The zero-order valence-electron chi connectivity index (χ0n) is 8.54. The van der Waals surface area contributed by atoms with E-state index in [1.54, 1.807) is 0 Å². The summed E-state index contributed by atoms with van der Waals surface area (Å²) in [6, 6.07) is 4.79. The minimum Gasteiger partial charge on any atom is -0.397 e. The summed E-state index contributed by atoms with van der Waals surface area (Å²) in [5.74, 6) is -0.270. The number of carbonyl (C=O) groups is 1. The second kappa shape index (κ2) is 4.96. The molecular weight excluding hydrogens is 279 g/mol. The number of amides is 1. The molecule has 0 aliphatic rings. The summed E-state index contributed by atoms with van der Waals surface area (Å²) < 4.78 is 0. The highest BCUT2D eigenvalue weighted by molar-refractivity contribution is 7.08. The van der Waals surface area contributed by atoms with Gasteiger partial charge in [0.15, 0.2) is 0 Å². The molecule has 2 rings (SSSR count). The molecule has 0 spiro atoms. The number of nitrogens with one attached hydrogen (secondary N) is 1. The van der Waals surface area contributed by atoms with E-state index in [1.807, 2.05) is 16.8 Å². The van der Waals surface area contributed by atoms with Gasteiger partial charge in [-0.25, -0.2) is 0 Å². The Balaban J connectivity index is 2.26. The Kier molecular flexibility index (Phi) is 3.57. The molecule has 1 heterocycles. The first-order chi connectivity index (χ1) is 8.08. The van der Waals surface area contributed by atoms with Crippen LogP contribution in [0, 0.1) is 0 Å². The standard InChI is InChI=1S/C11H8Cl2N2OS/c12-8-3-6(4-9(14)10(8)13)11(16)15-7-1-2-17-5-7/h1-5H,14H2,(H,15,16). The second-order valence-electron chi connectivity index (χ2n) is 3.33. The van der Waals surface area contributed by atoms with Crippen LogP contribution in [0.2, 0.25) is 10.0 Å². The number of carbonyl (C=O) groups excluding carboxylic acids is 1. The first-order valence-electron chi connectivity index (χ1n) is 4.66. The van der Waals surface area contributed by atoms with Crippen molar-refractivity contribution in [2.24, 2.45) is 0 Å². The van der Waals surface area contributed by atoms with E-state index in [0.717, 1.165) is 5.69 Å². The maximum atomic E-state index is 11.9. The number of benzene rings is 1. The molecule has 17 heavy (non-hydrogen) atoms. The Morgan fingerprint density at radius 3 is 2.71 bits per heavy atom. The summed E-state index contributed by atoms with van der Waals surface area (Å²) in [7, 11) is 0. The molecule has 0 saturated heterocycles. The summed E-state index contributed by atoms with van der Waals surface area (Å²) in [5.41, 5.74) is 7.04. The number of thiophene rings is 1. The van der Waals surface area contributed by atoms with Crippen LogP contribution in [0.4, 0.5) is 11.4 Å². The minimum absolute atomic E-state index is 0.263. The van der Waals surface area contributed by atoms with Gasteiger partial charge in [0, 0.05) is 10.9 Å². The van der Waals surface area contributed by atoms with Gasteiger partial charge in [-0.05, 0) is 23.6 Å². The summed E-state index contributed by atoms with van der Waals surface area (Å²) in [4.78, 5) is 11.9. The zero-order chi connectivity index (χ0) is 12.4. The zero-order valence-corrected chi connectivity index (χ0v) is 10.9. The fourth-order valence-corrected chi connectivity index (χ4v) is 2.20. The minimum atomic E-state index is -0.270. The maximum absolute atomic E-state index is 11.9. The van der Waals surface area contributed by atoms with Crippen LogP contribution >= 0.6 is 34.5 Å². The molecule has 1 aromatic carbocycles. The van der Waals surface area contributed by atoms with E-state index < -0.39 is 0 Å². The molecule has 0 atom stereocenters. The molecule has 6 heteroatoms. The van der Waals surface area contributed by atoms with Crippen molar-refractivity contribution in [3.63, 3.8) is 0 Å². The predicted molar refractivity (Wildman–Crippen MR) is 73.1 cm³/mol. The van der Waals surface area contributed by atoms with Crippen molar-refractivity contribution in [2.45, 2.75) is 0 Å². The van der Waals surface area contributed by atoms with Crippen LogP contribution in [-0.2, 0) is 0 Å². The Bertz CT molecular complexity index is 532. The number of anilines is 2. The number of hydrogen-bond donors (Lipinski definition) is 2. The van der Waals surface area contributed by atoms with Gasteiger partial charge in [0.25, 0.3) is 5.91 Å². The Labute approximate surface area is 112 Å². The molecule has 0 fully saturated rings. The van der Waals surface area contributed by atoms with Gasteiger partial charge in [0.05, 0.1) is 21.4 Å². The number of hydrogen-bond acceptors (Lipinski definition) is 3. The topological polar surface area (TPSA) is 55.1 Å². The van der Waals surface area contributed by atoms with E-state index >= 15 is 0 Å². The van der Waals surface area contributed by atoms with Crippen LogP contribution in [0.3, 0.4) is 0 Å². The lowest BCUT2D eigenvalue weighted by Crippen LogP contribution is -2.11. The van der Waals surface area contributed by atoms with E-state index in [-0.39, 0.29) is 21.6 Å². The van der Waals surface area contributed by atoms with Gasteiger partial charge in [0.1, 0.15) is 0 Å². The molecule has 0 aliphatic heterocycles. The van der Waals surface area contributed by atoms with Crippen LogP contribution in [0.25, 0.3) is 0 Å². The molecule has 1 amide bonds. The third-order valence-corrected chi connectivity index (χ3v) is 3.60.